The van der Waals surface area contributed by atoms with Gasteiger partial charge in [-0.25, -0.2) is 9.79 Å². The van der Waals surface area contributed by atoms with Crippen LogP contribution in [0.25, 0.3) is 6.08 Å². The fourth-order valence-corrected chi connectivity index (χ4v) is 5.69. The second-order valence-corrected chi connectivity index (χ2v) is 10.8. The van der Waals surface area contributed by atoms with E-state index in [4.69, 9.17) is 44.3 Å². The summed E-state index contributed by atoms with van der Waals surface area (Å²) in [6.07, 6.45) is 1.21. The molecule has 0 unspecified atom stereocenters. The molecule has 0 bridgehead atoms. The molecule has 12 heteroatoms. The Morgan fingerprint density at radius 3 is 2.37 bits per heavy atom. The van der Waals surface area contributed by atoms with Gasteiger partial charge in [0, 0.05) is 5.02 Å². The molecule has 2 heterocycles. The van der Waals surface area contributed by atoms with Crippen molar-refractivity contribution >= 4 is 64.2 Å². The standard InChI is InChI=1S/C26H21Cl3N2O6S/c1-12(2)37-25(35)21-13(3)30-26-31(22(21)15-4-6-16(27)7-5-15)24(34)19(38-26)10-14-8-17(28)23(18(29)9-14)36-11-20(32)33/h4-10,12,22H,11H2,1-3H3,(H,32,33)/p-1/b19-10-/t22-/m0/s1. The van der Waals surface area contributed by atoms with Crippen molar-refractivity contribution in [2.24, 2.45) is 4.99 Å². The number of ether oxygens (including phenoxy) is 2. The molecule has 0 saturated carbocycles. The van der Waals surface area contributed by atoms with E-state index in [2.05, 4.69) is 4.99 Å². The number of carbonyl (C=O) groups excluding carboxylic acids is 2. The van der Waals surface area contributed by atoms with E-state index >= 15 is 0 Å². The Bertz CT molecular complexity index is 1620. The highest BCUT2D eigenvalue weighted by Gasteiger charge is 2.33. The number of carboxylic acids is 1. The molecule has 1 atom stereocenters. The van der Waals surface area contributed by atoms with Crippen LogP contribution in [-0.4, -0.2) is 29.2 Å². The zero-order chi connectivity index (χ0) is 27.7. The predicted octanol–water partition coefficient (Wildman–Crippen LogP) is 3.28. The molecule has 198 valence electrons. The van der Waals surface area contributed by atoms with Gasteiger partial charge >= 0.3 is 5.97 Å². The molecule has 0 N–H and O–H groups in total. The van der Waals surface area contributed by atoms with Crippen LogP contribution in [0.1, 0.15) is 37.9 Å². The van der Waals surface area contributed by atoms with Crippen LogP contribution in [0.5, 0.6) is 5.75 Å². The number of hydrogen-bond donors (Lipinski definition) is 0. The maximum Gasteiger partial charge on any atom is 0.338 e. The number of aromatic nitrogens is 1. The van der Waals surface area contributed by atoms with Crippen molar-refractivity contribution in [3.8, 4) is 5.75 Å². The lowest BCUT2D eigenvalue weighted by molar-refractivity contribution is -0.307. The summed E-state index contributed by atoms with van der Waals surface area (Å²) in [6, 6.07) is 9.05. The van der Waals surface area contributed by atoms with Gasteiger partial charge in [0.1, 0.15) is 6.61 Å². The van der Waals surface area contributed by atoms with Crippen molar-refractivity contribution in [2.45, 2.75) is 32.9 Å². The zero-order valence-corrected chi connectivity index (χ0v) is 23.4. The first-order chi connectivity index (χ1) is 18.0. The molecule has 1 aromatic heterocycles. The van der Waals surface area contributed by atoms with E-state index in [1.165, 1.54) is 16.7 Å². The minimum atomic E-state index is -1.43. The fraction of sp³-hybridized carbons (Fsp3) is 0.231. The van der Waals surface area contributed by atoms with Crippen LogP contribution in [0, 0.1) is 0 Å². The average molecular weight is 595 g/mol. The summed E-state index contributed by atoms with van der Waals surface area (Å²) in [7, 11) is 0. The van der Waals surface area contributed by atoms with E-state index in [1.807, 2.05) is 0 Å². The summed E-state index contributed by atoms with van der Waals surface area (Å²) in [6.45, 7) is 4.46. The van der Waals surface area contributed by atoms with Crippen LogP contribution in [-0.2, 0) is 14.3 Å². The number of esters is 1. The number of carbonyl (C=O) groups is 2. The minimum absolute atomic E-state index is 0.0113. The Morgan fingerprint density at radius 1 is 1.16 bits per heavy atom. The Labute approximate surface area is 236 Å². The van der Waals surface area contributed by atoms with Gasteiger partial charge in [0.15, 0.2) is 10.6 Å². The maximum atomic E-state index is 13.7. The van der Waals surface area contributed by atoms with Gasteiger partial charge in [-0.3, -0.25) is 9.36 Å². The maximum absolute atomic E-state index is 13.7. The number of allylic oxidation sites excluding steroid dienone is 1. The topological polar surface area (TPSA) is 110 Å². The molecule has 1 aliphatic heterocycles. The van der Waals surface area contributed by atoms with E-state index in [-0.39, 0.29) is 33.0 Å². The number of benzene rings is 2. The first-order valence-corrected chi connectivity index (χ1v) is 13.2. The van der Waals surface area contributed by atoms with Crippen LogP contribution in [0.3, 0.4) is 0 Å². The van der Waals surface area contributed by atoms with Crippen molar-refractivity contribution in [2.75, 3.05) is 6.61 Å². The molecular weight excluding hydrogens is 575 g/mol. The molecule has 0 aliphatic carbocycles. The third kappa shape index (κ3) is 5.81. The van der Waals surface area contributed by atoms with Gasteiger partial charge in [0.25, 0.3) is 5.56 Å². The van der Waals surface area contributed by atoms with E-state index in [0.717, 1.165) is 11.3 Å². The van der Waals surface area contributed by atoms with Gasteiger partial charge in [0.05, 0.1) is 44.0 Å². The number of nitrogens with zero attached hydrogens (tertiary/aromatic N) is 2. The summed E-state index contributed by atoms with van der Waals surface area (Å²) in [5.74, 6) is -2.01. The highest BCUT2D eigenvalue weighted by molar-refractivity contribution is 7.07. The molecule has 0 radical (unpaired) electrons. The number of fused-ring (bicyclic) bond motifs is 1. The molecule has 0 fully saturated rings. The van der Waals surface area contributed by atoms with Crippen molar-refractivity contribution in [3.05, 3.63) is 93.6 Å². The Hall–Kier alpha value is -3.11. The number of aliphatic carboxylic acids is 1. The van der Waals surface area contributed by atoms with Crippen LogP contribution >= 0.6 is 46.1 Å². The Morgan fingerprint density at radius 2 is 1.79 bits per heavy atom. The minimum Gasteiger partial charge on any atom is -0.546 e. The lowest BCUT2D eigenvalue weighted by atomic mass is 9.96. The molecule has 1 aliphatic rings. The quantitative estimate of drug-likeness (QED) is 0.389. The van der Waals surface area contributed by atoms with Gasteiger partial charge in [-0.05, 0) is 62.2 Å². The first-order valence-electron chi connectivity index (χ1n) is 11.3. The fourth-order valence-electron chi connectivity index (χ4n) is 3.90. The number of rotatable bonds is 7. The molecule has 0 spiro atoms. The van der Waals surface area contributed by atoms with Crippen LogP contribution in [0.4, 0.5) is 0 Å². The molecule has 2 aromatic carbocycles. The molecule has 3 aromatic rings. The van der Waals surface area contributed by atoms with Crippen LogP contribution < -0.4 is 24.7 Å². The van der Waals surface area contributed by atoms with Crippen molar-refractivity contribution in [3.63, 3.8) is 0 Å². The second-order valence-electron chi connectivity index (χ2n) is 8.56. The van der Waals surface area contributed by atoms with Crippen LogP contribution in [0.15, 0.2) is 57.5 Å². The molecular formula is C26H20Cl3N2O6S-. The number of halogens is 3. The van der Waals surface area contributed by atoms with Gasteiger partial charge in [-0.15, -0.1) is 0 Å². The molecule has 0 amide bonds. The third-order valence-electron chi connectivity index (χ3n) is 5.42. The number of hydrogen-bond acceptors (Lipinski definition) is 8. The summed E-state index contributed by atoms with van der Waals surface area (Å²) in [5, 5.41) is 11.3. The monoisotopic (exact) mass is 593 g/mol. The smallest absolute Gasteiger partial charge is 0.338 e. The van der Waals surface area contributed by atoms with E-state index in [1.54, 1.807) is 51.1 Å². The van der Waals surface area contributed by atoms with Gasteiger partial charge in [0.2, 0.25) is 0 Å². The lowest BCUT2D eigenvalue weighted by Crippen LogP contribution is -2.40. The zero-order valence-electron chi connectivity index (χ0n) is 20.3. The number of thiazole rings is 1. The van der Waals surface area contributed by atoms with Crippen molar-refractivity contribution < 1.29 is 24.2 Å². The van der Waals surface area contributed by atoms with E-state index in [0.29, 0.717) is 31.2 Å². The molecule has 38 heavy (non-hydrogen) atoms. The number of carboxylic acid groups (broad SMARTS) is 1. The molecule has 4 rings (SSSR count). The highest BCUT2D eigenvalue weighted by Crippen LogP contribution is 2.35. The lowest BCUT2D eigenvalue weighted by Gasteiger charge is -2.25. The predicted molar refractivity (Wildman–Crippen MR) is 143 cm³/mol. The first kappa shape index (κ1) is 27.9. The summed E-state index contributed by atoms with van der Waals surface area (Å²) >= 11 is 19.7. The molecule has 0 saturated heterocycles. The van der Waals surface area contributed by atoms with Crippen molar-refractivity contribution in [1.82, 2.24) is 4.57 Å². The van der Waals surface area contributed by atoms with Crippen molar-refractivity contribution in [1.29, 1.82) is 0 Å². The highest BCUT2D eigenvalue weighted by atomic mass is 35.5. The van der Waals surface area contributed by atoms with Gasteiger partial charge in [-0.1, -0.05) is 58.3 Å². The van der Waals surface area contributed by atoms with Crippen LogP contribution in [0.2, 0.25) is 15.1 Å². The largest absolute Gasteiger partial charge is 0.546 e. The second kappa shape index (κ2) is 11.3. The summed E-state index contributed by atoms with van der Waals surface area (Å²) < 4.78 is 12.3. The third-order valence-corrected chi connectivity index (χ3v) is 7.22. The normalized spacial score (nSPS) is 15.3. The van der Waals surface area contributed by atoms with Gasteiger partial charge < -0.3 is 19.4 Å². The van der Waals surface area contributed by atoms with E-state index in [9.17, 15) is 19.5 Å². The Kier molecular flexibility index (Phi) is 8.32. The summed E-state index contributed by atoms with van der Waals surface area (Å²) in [5.41, 5.74) is 1.43. The SMILES string of the molecule is CC1=C(C(=O)OC(C)C)[C@H](c2ccc(Cl)cc2)n2c(s/c(=C\c3cc(Cl)c(OCC(=O)[O-])c(Cl)c3)c2=O)=N1. The average Bonchev–Trinajstić information content (AvgIpc) is 3.11. The molecule has 8 nitrogen and oxygen atoms in total. The summed E-state index contributed by atoms with van der Waals surface area (Å²) in [4.78, 5) is 42.5. The van der Waals surface area contributed by atoms with Gasteiger partial charge in [-0.2, -0.15) is 0 Å². The Balaban J connectivity index is 1.86. The van der Waals surface area contributed by atoms with E-state index < -0.39 is 24.6 Å².